The lowest BCUT2D eigenvalue weighted by Crippen LogP contribution is -2.59. The van der Waals surface area contributed by atoms with Crippen molar-refractivity contribution in [3.8, 4) is 0 Å². The van der Waals surface area contributed by atoms with E-state index in [9.17, 15) is 47.9 Å². The largest absolute Gasteiger partial charge is 0.370 e. The van der Waals surface area contributed by atoms with Crippen LogP contribution in [0.1, 0.15) is 111 Å². The van der Waals surface area contributed by atoms with E-state index in [0.717, 1.165) is 10.9 Å². The zero-order valence-electron chi connectivity index (χ0n) is 51.2. The lowest BCUT2D eigenvalue weighted by Gasteiger charge is -2.26. The number of nitrogens with one attached hydrogen (secondary N) is 14. The Bertz CT molecular complexity index is 2940. The van der Waals surface area contributed by atoms with Gasteiger partial charge in [-0.25, -0.2) is 4.98 Å². The van der Waals surface area contributed by atoms with Crippen molar-refractivity contribution < 1.29 is 47.9 Å². The van der Waals surface area contributed by atoms with Crippen LogP contribution < -0.4 is 75.5 Å². The Labute approximate surface area is 527 Å². The van der Waals surface area contributed by atoms with Gasteiger partial charge in [-0.2, -0.15) is 22.0 Å². The number of para-hydroxylation sites is 1. The van der Waals surface area contributed by atoms with Crippen molar-refractivity contribution in [2.24, 2.45) is 33.5 Å². The molecule has 0 saturated carbocycles. The minimum Gasteiger partial charge on any atom is -0.370 e. The molecule has 0 spiro atoms. The fourth-order valence-corrected chi connectivity index (χ4v) is 9.11. The number of nitrogens with two attached hydrogens (primary N) is 2. The molecule has 0 saturated heterocycles. The summed E-state index contributed by atoms with van der Waals surface area (Å²) in [6.07, 6.45) is 7.87. The van der Waals surface area contributed by atoms with E-state index in [1.807, 2.05) is 38.3 Å². The standard InChI is InChI=1S/C56H87N19O10S3/c1-30(2)23-41(52(83)68-39(48(58)79)20-22-88-9)69-53(84)43(25-36-27-60-29-64-36)67-46(78)28-63-54(85)47(31(3)4)71-49(80)34(7)65-51(82)42(24-35-26-62-38-16-13-12-15-37(35)38)70-50(81)40(18-19-44(57)76)66-45(77)17-11-10-14-21-61-56(87)75-73-33(6)32(5)72-74-55(86)59-8/h12-13,15-16,26-27,29-31,34,39-43,47,62H,10-11,14,17-25,28H2,1-9H3,(H2,57,76)(H2,58,79)(H,60,64)(H,63,85)(H,65,82)(H,66,77)(H,67,78)(H,68,83)(H,69,84)(H,70,81)(H,71,80)(H2,59,74,86)(H2,61,75,87)/b72-32+,73-33+/t34-,39-,40-,41-,42-,43-,47-/m0/s1. The molecule has 0 aliphatic carbocycles. The van der Waals surface area contributed by atoms with Crippen LogP contribution in [0, 0.1) is 11.8 Å². The summed E-state index contributed by atoms with van der Waals surface area (Å²) in [5.74, 6) is -7.38. The number of carbonyl (C=O) groups is 10. The molecule has 0 bridgehead atoms. The molecule has 88 heavy (non-hydrogen) atoms. The van der Waals surface area contributed by atoms with Gasteiger partial charge < -0.3 is 74.6 Å². The predicted molar refractivity (Wildman–Crippen MR) is 345 cm³/mol. The van der Waals surface area contributed by atoms with Gasteiger partial charge in [0.05, 0.1) is 24.3 Å². The molecule has 0 radical (unpaired) electrons. The molecule has 2 aromatic heterocycles. The average Bonchev–Trinajstić information content (AvgIpc) is 3.60. The minimum absolute atomic E-state index is 0.0276. The normalized spacial score (nSPS) is 13.9. The fraction of sp³-hybridized carbons (Fsp3) is 0.554. The maximum atomic E-state index is 14.3. The van der Waals surface area contributed by atoms with Gasteiger partial charge in [-0.1, -0.05) is 52.3 Å². The van der Waals surface area contributed by atoms with Crippen molar-refractivity contribution in [2.45, 2.75) is 155 Å². The Balaban J connectivity index is 1.68. The second kappa shape index (κ2) is 38.8. The van der Waals surface area contributed by atoms with Crippen LogP contribution in [0.5, 0.6) is 0 Å². The average molecular weight is 1280 g/mol. The highest BCUT2D eigenvalue weighted by atomic mass is 32.2. The van der Waals surface area contributed by atoms with Gasteiger partial charge in [0.1, 0.15) is 42.3 Å². The van der Waals surface area contributed by atoms with E-state index in [1.54, 1.807) is 47.0 Å². The number of unbranched alkanes of at least 4 members (excludes halogenated alkanes) is 2. The van der Waals surface area contributed by atoms with Gasteiger partial charge >= 0.3 is 0 Å². The van der Waals surface area contributed by atoms with E-state index < -0.39 is 114 Å². The number of hydrogen-bond donors (Lipinski definition) is 16. The van der Waals surface area contributed by atoms with Crippen molar-refractivity contribution in [1.29, 1.82) is 0 Å². The second-order valence-corrected chi connectivity index (χ2v) is 23.3. The molecule has 0 aliphatic rings. The minimum atomic E-state index is -1.35. The monoisotopic (exact) mass is 1280 g/mol. The van der Waals surface area contributed by atoms with E-state index in [2.05, 4.69) is 89.2 Å². The van der Waals surface area contributed by atoms with Crippen LogP contribution in [0.4, 0.5) is 0 Å². The number of thioether (sulfide) groups is 1. The number of fused-ring (bicyclic) bond motifs is 1. The summed E-state index contributed by atoms with van der Waals surface area (Å²) in [6.45, 7) is 11.7. The van der Waals surface area contributed by atoms with Crippen LogP contribution in [-0.2, 0) is 60.8 Å². The number of aromatic nitrogens is 3. The Kier molecular flexibility index (Phi) is 32.6. The summed E-state index contributed by atoms with van der Waals surface area (Å²) in [5.41, 5.74) is 19.4. The number of rotatable bonds is 38. The predicted octanol–water partition coefficient (Wildman–Crippen LogP) is -0.718. The van der Waals surface area contributed by atoms with E-state index in [1.165, 1.54) is 31.2 Å². The van der Waals surface area contributed by atoms with Crippen molar-refractivity contribution in [1.82, 2.24) is 79.0 Å². The lowest BCUT2D eigenvalue weighted by atomic mass is 10.0. The summed E-state index contributed by atoms with van der Waals surface area (Å²) < 4.78 is 0. The molecule has 10 amide bonds. The third-order valence-corrected chi connectivity index (χ3v) is 14.7. The molecule has 1 aromatic carbocycles. The first-order valence-corrected chi connectivity index (χ1v) is 31.0. The number of amides is 10. The Morgan fingerprint density at radius 3 is 1.89 bits per heavy atom. The third-order valence-electron chi connectivity index (χ3n) is 13.5. The third kappa shape index (κ3) is 27.2. The number of hydrazone groups is 2. The molecule has 0 fully saturated rings. The second-order valence-electron chi connectivity index (χ2n) is 21.5. The van der Waals surface area contributed by atoms with Crippen LogP contribution in [0.3, 0.4) is 0 Å². The highest BCUT2D eigenvalue weighted by Gasteiger charge is 2.34. The molecule has 29 nitrogen and oxygen atoms in total. The number of imidazole rings is 1. The molecule has 0 unspecified atom stereocenters. The van der Waals surface area contributed by atoms with Gasteiger partial charge in [0, 0.05) is 68.3 Å². The van der Waals surface area contributed by atoms with Crippen LogP contribution in [0.15, 0.2) is 53.2 Å². The molecule has 0 aliphatic heterocycles. The van der Waals surface area contributed by atoms with Crippen molar-refractivity contribution in [3.05, 3.63) is 54.2 Å². The van der Waals surface area contributed by atoms with Crippen molar-refractivity contribution in [2.75, 3.05) is 32.1 Å². The zero-order valence-corrected chi connectivity index (χ0v) is 53.7. The number of carbonyl (C=O) groups excluding carboxylic acids is 10. The topological polar surface area (TPSA) is 436 Å². The lowest BCUT2D eigenvalue weighted by molar-refractivity contribution is -0.135. The number of thiocarbonyl (C=S) groups is 2. The summed E-state index contributed by atoms with van der Waals surface area (Å²) in [6, 6.07) is -1.29. The maximum Gasteiger partial charge on any atom is 0.243 e. The first-order chi connectivity index (χ1) is 41.7. The summed E-state index contributed by atoms with van der Waals surface area (Å²) in [5, 5.41) is 36.6. The zero-order chi connectivity index (χ0) is 65.5. The van der Waals surface area contributed by atoms with Gasteiger partial charge in [0.25, 0.3) is 0 Å². The summed E-state index contributed by atoms with van der Waals surface area (Å²) >= 11 is 11.8. The van der Waals surface area contributed by atoms with Crippen molar-refractivity contribution >= 4 is 128 Å². The highest BCUT2D eigenvalue weighted by molar-refractivity contribution is 7.98. The van der Waals surface area contributed by atoms with Crippen LogP contribution in [0.25, 0.3) is 10.9 Å². The first kappa shape index (κ1) is 74.0. The first-order valence-electron chi connectivity index (χ1n) is 28.8. The SMILES string of the molecule is CNC(=S)N/N=C(C)/C(C)=N/NC(=S)NCCCCCC(=O)N[C@@H](CCC(N)=O)C(=O)N[C@@H](Cc1c[nH]c2ccccc12)C(=O)N[C@@H](C)C(=O)N[C@H](C(=O)NCC(=O)N[C@@H](Cc1cnc[nH]1)C(=O)N[C@@H](CC(C)C)C(=O)N[C@@H](CCSC)C(N)=O)C(C)C. The maximum absolute atomic E-state index is 14.3. The van der Waals surface area contributed by atoms with Gasteiger partial charge in [0.15, 0.2) is 10.2 Å². The van der Waals surface area contributed by atoms with Gasteiger partial charge in [-0.05, 0) is 113 Å². The van der Waals surface area contributed by atoms with E-state index in [4.69, 9.17) is 35.9 Å². The van der Waals surface area contributed by atoms with E-state index in [-0.39, 0.29) is 56.0 Å². The molecule has 3 aromatic rings. The Morgan fingerprint density at radius 1 is 0.648 bits per heavy atom. The number of nitrogens with zero attached hydrogens (tertiary/aromatic N) is 3. The molecule has 2 heterocycles. The molecule has 18 N–H and O–H groups in total. The molecule has 484 valence electrons. The number of aromatic amines is 2. The quantitative estimate of drug-likeness (QED) is 0.0146. The van der Waals surface area contributed by atoms with Gasteiger partial charge in [-0.3, -0.25) is 58.8 Å². The van der Waals surface area contributed by atoms with Crippen LogP contribution in [-0.4, -0.2) is 170 Å². The van der Waals surface area contributed by atoms with Crippen molar-refractivity contribution in [3.63, 3.8) is 0 Å². The highest BCUT2D eigenvalue weighted by Crippen LogP contribution is 2.20. The summed E-state index contributed by atoms with van der Waals surface area (Å²) in [4.78, 5) is 144. The van der Waals surface area contributed by atoms with E-state index >= 15 is 0 Å². The number of primary amides is 2. The molecule has 32 heteroatoms. The molecular formula is C56H87N19O10S3. The van der Waals surface area contributed by atoms with E-state index in [0.29, 0.717) is 59.4 Å². The van der Waals surface area contributed by atoms with Crippen LogP contribution in [0.2, 0.25) is 0 Å². The molecule has 3 rings (SSSR count). The molecule has 7 atom stereocenters. The smallest absolute Gasteiger partial charge is 0.243 e. The number of benzene rings is 1. The van der Waals surface area contributed by atoms with Gasteiger partial charge in [0.2, 0.25) is 59.1 Å². The Morgan fingerprint density at radius 2 is 1.26 bits per heavy atom. The fourth-order valence-electron chi connectivity index (χ4n) is 8.45. The summed E-state index contributed by atoms with van der Waals surface area (Å²) in [7, 11) is 1.67. The Hall–Kier alpha value is -8.26. The number of hydrogen-bond acceptors (Lipinski definition) is 16. The van der Waals surface area contributed by atoms with Crippen LogP contribution >= 0.6 is 36.2 Å². The van der Waals surface area contributed by atoms with Gasteiger partial charge in [-0.15, -0.1) is 0 Å². The molecular weight excluding hydrogens is 1190 g/mol. The number of H-pyrrole nitrogens is 2.